The number of benzene rings is 1. The number of hydrogen-bond donors (Lipinski definition) is 1. The minimum absolute atomic E-state index is 0.644. The number of nitrogens with zero attached hydrogens (tertiary/aromatic N) is 2. The summed E-state index contributed by atoms with van der Waals surface area (Å²) >= 11 is 0. The highest BCUT2D eigenvalue weighted by atomic mass is 15.1. The second-order valence-corrected chi connectivity index (χ2v) is 3.52. The molecule has 0 saturated carbocycles. The second kappa shape index (κ2) is 4.28. The zero-order valence-electron chi connectivity index (χ0n) is 8.85. The van der Waals surface area contributed by atoms with Crippen LogP contribution in [0.3, 0.4) is 0 Å². The van der Waals surface area contributed by atoms with Gasteiger partial charge in [-0.15, -0.1) is 0 Å². The van der Waals surface area contributed by atoms with Crippen molar-refractivity contribution in [2.24, 2.45) is 5.73 Å². The second-order valence-electron chi connectivity index (χ2n) is 3.52. The molecule has 2 rings (SSSR count). The van der Waals surface area contributed by atoms with Crippen molar-refractivity contribution < 1.29 is 0 Å². The molecule has 3 nitrogen and oxygen atoms in total. The Hall–Kier alpha value is -1.61. The largest absolute Gasteiger partial charge is 0.333 e. The fraction of sp³-hybridized carbons (Fsp3) is 0.250. The van der Waals surface area contributed by atoms with E-state index in [-0.39, 0.29) is 0 Å². The lowest BCUT2D eigenvalue weighted by Gasteiger charge is -1.99. The predicted molar refractivity (Wildman–Crippen MR) is 61.5 cm³/mol. The summed E-state index contributed by atoms with van der Waals surface area (Å²) in [5, 5.41) is 0. The van der Waals surface area contributed by atoms with E-state index >= 15 is 0 Å². The van der Waals surface area contributed by atoms with E-state index in [2.05, 4.69) is 27.9 Å². The van der Waals surface area contributed by atoms with E-state index in [1.54, 1.807) is 0 Å². The molecule has 15 heavy (non-hydrogen) atoms. The Morgan fingerprint density at radius 3 is 2.67 bits per heavy atom. The molecule has 2 aromatic rings. The minimum Gasteiger partial charge on any atom is -0.333 e. The molecule has 0 radical (unpaired) electrons. The van der Waals surface area contributed by atoms with Gasteiger partial charge in [0.1, 0.15) is 5.82 Å². The molecule has 78 valence electrons. The smallest absolute Gasteiger partial charge is 0.106 e. The zero-order chi connectivity index (χ0) is 10.7. The topological polar surface area (TPSA) is 43.8 Å². The molecule has 1 aromatic heterocycles. The average molecular weight is 201 g/mol. The first-order valence-electron chi connectivity index (χ1n) is 5.10. The van der Waals surface area contributed by atoms with Crippen LogP contribution < -0.4 is 5.73 Å². The van der Waals surface area contributed by atoms with Crippen molar-refractivity contribution in [1.82, 2.24) is 9.55 Å². The Kier molecular flexibility index (Phi) is 2.83. The average Bonchev–Trinajstić information content (AvgIpc) is 2.63. The molecule has 0 amide bonds. The predicted octanol–water partition coefficient (Wildman–Crippen LogP) is 1.82. The van der Waals surface area contributed by atoms with Crippen LogP contribution in [0.25, 0.3) is 11.3 Å². The van der Waals surface area contributed by atoms with Crippen LogP contribution in [0.2, 0.25) is 0 Å². The van der Waals surface area contributed by atoms with Gasteiger partial charge in [-0.25, -0.2) is 4.98 Å². The van der Waals surface area contributed by atoms with Crippen LogP contribution in [0, 0.1) is 6.92 Å². The van der Waals surface area contributed by atoms with Gasteiger partial charge in [-0.05, 0) is 6.92 Å². The van der Waals surface area contributed by atoms with Gasteiger partial charge in [0.15, 0.2) is 0 Å². The number of aromatic nitrogens is 2. The van der Waals surface area contributed by atoms with E-state index in [4.69, 9.17) is 5.73 Å². The fourth-order valence-electron chi connectivity index (χ4n) is 1.62. The Morgan fingerprint density at radius 2 is 2.00 bits per heavy atom. The van der Waals surface area contributed by atoms with Gasteiger partial charge in [-0.3, -0.25) is 0 Å². The van der Waals surface area contributed by atoms with Crippen molar-refractivity contribution in [3.8, 4) is 11.3 Å². The van der Waals surface area contributed by atoms with E-state index in [0.717, 1.165) is 23.6 Å². The highest BCUT2D eigenvalue weighted by Crippen LogP contribution is 2.17. The van der Waals surface area contributed by atoms with Crippen LogP contribution >= 0.6 is 0 Å². The van der Waals surface area contributed by atoms with Crippen LogP contribution in [0.1, 0.15) is 5.82 Å². The Bertz CT molecular complexity index is 431. The summed E-state index contributed by atoms with van der Waals surface area (Å²) in [6.07, 6.45) is 2.05. The maximum absolute atomic E-state index is 5.53. The third-order valence-corrected chi connectivity index (χ3v) is 2.42. The number of hydrogen-bond acceptors (Lipinski definition) is 2. The number of nitrogens with two attached hydrogens (primary N) is 1. The van der Waals surface area contributed by atoms with Crippen molar-refractivity contribution in [2.75, 3.05) is 6.54 Å². The Morgan fingerprint density at radius 1 is 1.27 bits per heavy atom. The normalized spacial score (nSPS) is 10.5. The lowest BCUT2D eigenvalue weighted by Crippen LogP contribution is -2.10. The highest BCUT2D eigenvalue weighted by Gasteiger charge is 2.04. The number of aryl methyl sites for hydroxylation is 1. The maximum Gasteiger partial charge on any atom is 0.106 e. The summed E-state index contributed by atoms with van der Waals surface area (Å²) in [5.74, 6) is 1.01. The van der Waals surface area contributed by atoms with E-state index < -0.39 is 0 Å². The molecule has 3 heteroatoms. The molecule has 1 aromatic carbocycles. The zero-order valence-corrected chi connectivity index (χ0v) is 8.85. The maximum atomic E-state index is 5.53. The van der Waals surface area contributed by atoms with E-state index in [9.17, 15) is 0 Å². The van der Waals surface area contributed by atoms with Crippen LogP contribution in [0.5, 0.6) is 0 Å². The van der Waals surface area contributed by atoms with Gasteiger partial charge in [-0.1, -0.05) is 30.3 Å². The van der Waals surface area contributed by atoms with Crippen LogP contribution in [0.4, 0.5) is 0 Å². The van der Waals surface area contributed by atoms with Crippen molar-refractivity contribution in [3.05, 3.63) is 42.4 Å². The molecule has 0 spiro atoms. The summed E-state index contributed by atoms with van der Waals surface area (Å²) in [5.41, 5.74) is 7.69. The number of imidazole rings is 1. The third kappa shape index (κ3) is 2.07. The van der Waals surface area contributed by atoms with E-state index in [1.165, 1.54) is 0 Å². The summed E-state index contributed by atoms with van der Waals surface area (Å²) in [6, 6.07) is 10.2. The Balaban J connectivity index is 2.34. The highest BCUT2D eigenvalue weighted by molar-refractivity contribution is 5.58. The minimum atomic E-state index is 0.644. The van der Waals surface area contributed by atoms with E-state index in [1.807, 2.05) is 25.1 Å². The van der Waals surface area contributed by atoms with Gasteiger partial charge in [0.2, 0.25) is 0 Å². The van der Waals surface area contributed by atoms with E-state index in [0.29, 0.717) is 6.54 Å². The summed E-state index contributed by atoms with van der Waals surface area (Å²) in [6.45, 7) is 3.47. The Labute approximate surface area is 89.6 Å². The molecular weight excluding hydrogens is 186 g/mol. The molecule has 0 aliphatic carbocycles. The first kappa shape index (κ1) is 9.93. The van der Waals surface area contributed by atoms with Crippen molar-refractivity contribution >= 4 is 0 Å². The lowest BCUT2D eigenvalue weighted by molar-refractivity contribution is 0.684. The third-order valence-electron chi connectivity index (χ3n) is 2.42. The summed E-state index contributed by atoms with van der Waals surface area (Å²) in [4.78, 5) is 4.51. The fourth-order valence-corrected chi connectivity index (χ4v) is 1.62. The lowest BCUT2D eigenvalue weighted by atomic mass is 10.2. The van der Waals surface area contributed by atoms with Crippen molar-refractivity contribution in [1.29, 1.82) is 0 Å². The summed E-state index contributed by atoms with van der Waals surface area (Å²) < 4.78 is 2.09. The SMILES string of the molecule is Cc1nc(-c2ccccc2)cn1CCN. The molecule has 0 aliphatic rings. The van der Waals surface area contributed by atoms with Gasteiger partial charge in [0.05, 0.1) is 5.69 Å². The van der Waals surface area contributed by atoms with Gasteiger partial charge >= 0.3 is 0 Å². The molecule has 0 unspecified atom stereocenters. The molecular formula is C12H15N3. The molecule has 2 N–H and O–H groups in total. The molecule has 0 bridgehead atoms. The molecule has 1 heterocycles. The monoisotopic (exact) mass is 201 g/mol. The van der Waals surface area contributed by atoms with Crippen LogP contribution in [-0.2, 0) is 6.54 Å². The standard InChI is InChI=1S/C12H15N3/c1-10-14-12(9-15(10)8-7-13)11-5-3-2-4-6-11/h2-6,9H,7-8,13H2,1H3. The molecule has 0 atom stereocenters. The first-order chi connectivity index (χ1) is 7.31. The van der Waals surface area contributed by atoms with Gasteiger partial charge < -0.3 is 10.3 Å². The van der Waals surface area contributed by atoms with Gasteiger partial charge in [0.25, 0.3) is 0 Å². The first-order valence-corrected chi connectivity index (χ1v) is 5.10. The van der Waals surface area contributed by atoms with Crippen molar-refractivity contribution in [3.63, 3.8) is 0 Å². The number of rotatable bonds is 3. The molecule has 0 fully saturated rings. The van der Waals surface area contributed by atoms with Gasteiger partial charge in [0, 0.05) is 24.8 Å². The quantitative estimate of drug-likeness (QED) is 0.823. The van der Waals surface area contributed by atoms with Gasteiger partial charge in [-0.2, -0.15) is 0 Å². The summed E-state index contributed by atoms with van der Waals surface area (Å²) in [7, 11) is 0. The van der Waals surface area contributed by atoms with Crippen LogP contribution in [0.15, 0.2) is 36.5 Å². The molecule has 0 saturated heterocycles. The van der Waals surface area contributed by atoms with Crippen molar-refractivity contribution in [2.45, 2.75) is 13.5 Å². The van der Waals surface area contributed by atoms with Crippen LogP contribution in [-0.4, -0.2) is 16.1 Å². The molecule has 0 aliphatic heterocycles.